The molecule has 1 aromatic rings. The Morgan fingerprint density at radius 3 is 2.37 bits per heavy atom. The average Bonchev–Trinajstić information content (AvgIpc) is 2.58. The first kappa shape index (κ1) is 16.5. The van der Waals surface area contributed by atoms with Gasteiger partial charge in [0, 0.05) is 17.2 Å². The van der Waals surface area contributed by atoms with Crippen molar-refractivity contribution < 1.29 is 8.42 Å². The average molecular weight is 307 g/mol. The second kappa shape index (κ2) is 6.75. The summed E-state index contributed by atoms with van der Waals surface area (Å²) in [5, 5.41) is 4.33. The number of aromatic nitrogens is 2. The summed E-state index contributed by atoms with van der Waals surface area (Å²) in [6.07, 6.45) is 4.59. The van der Waals surface area contributed by atoms with Gasteiger partial charge in [-0.05, 0) is 26.2 Å². The van der Waals surface area contributed by atoms with E-state index in [2.05, 4.69) is 18.9 Å². The molecule has 1 aromatic heterocycles. The first-order valence-electron chi connectivity index (χ1n) is 6.79. The molecular formula is C13H23ClN2O2S. The topological polar surface area (TPSA) is 52.0 Å². The summed E-state index contributed by atoms with van der Waals surface area (Å²) in [4.78, 5) is 0.166. The predicted molar refractivity (Wildman–Crippen MR) is 78.0 cm³/mol. The van der Waals surface area contributed by atoms with Gasteiger partial charge in [0.2, 0.25) is 0 Å². The van der Waals surface area contributed by atoms with Crippen molar-refractivity contribution in [2.24, 2.45) is 5.92 Å². The fraction of sp³-hybridized carbons (Fsp3) is 0.769. The van der Waals surface area contributed by atoms with Gasteiger partial charge in [-0.15, -0.1) is 0 Å². The standard InChI is InChI=1S/C13H23ClN2O2S/c1-5-7-8-12(6-2)9-16-11(4)13(10(3)15-16)19(14,17)18/h12H,5-9H2,1-4H3. The van der Waals surface area contributed by atoms with Crippen LogP contribution in [0.3, 0.4) is 0 Å². The number of hydrogen-bond donors (Lipinski definition) is 0. The minimum absolute atomic E-state index is 0.166. The van der Waals surface area contributed by atoms with E-state index in [4.69, 9.17) is 10.7 Å². The smallest absolute Gasteiger partial charge is 0.264 e. The molecule has 0 saturated heterocycles. The number of rotatable bonds is 7. The normalized spacial score (nSPS) is 13.7. The summed E-state index contributed by atoms with van der Waals surface area (Å²) in [6, 6.07) is 0. The van der Waals surface area contributed by atoms with E-state index in [1.165, 1.54) is 12.8 Å². The van der Waals surface area contributed by atoms with Crippen LogP contribution in [0.1, 0.15) is 50.9 Å². The van der Waals surface area contributed by atoms with Crippen LogP contribution in [-0.4, -0.2) is 18.2 Å². The van der Waals surface area contributed by atoms with Crippen LogP contribution in [-0.2, 0) is 15.6 Å². The van der Waals surface area contributed by atoms with Crippen molar-refractivity contribution in [3.8, 4) is 0 Å². The fourth-order valence-corrected chi connectivity index (χ4v) is 3.89. The molecule has 0 aromatic carbocycles. The Morgan fingerprint density at radius 1 is 1.32 bits per heavy atom. The van der Waals surface area contributed by atoms with Gasteiger partial charge in [-0.3, -0.25) is 4.68 Å². The maximum absolute atomic E-state index is 11.5. The molecule has 0 radical (unpaired) electrons. The van der Waals surface area contributed by atoms with E-state index >= 15 is 0 Å². The number of hydrogen-bond acceptors (Lipinski definition) is 3. The molecule has 0 aliphatic heterocycles. The molecule has 0 fully saturated rings. The minimum atomic E-state index is -3.71. The number of aryl methyl sites for hydroxylation is 1. The van der Waals surface area contributed by atoms with Crippen LogP contribution in [0, 0.1) is 19.8 Å². The molecular weight excluding hydrogens is 284 g/mol. The molecule has 1 rings (SSSR count). The van der Waals surface area contributed by atoms with Crippen LogP contribution >= 0.6 is 10.7 Å². The van der Waals surface area contributed by atoms with Gasteiger partial charge in [0.15, 0.2) is 0 Å². The van der Waals surface area contributed by atoms with Crippen molar-refractivity contribution in [2.45, 2.75) is 64.8 Å². The largest absolute Gasteiger partial charge is 0.268 e. The molecule has 0 spiro atoms. The lowest BCUT2D eigenvalue weighted by Crippen LogP contribution is -2.13. The van der Waals surface area contributed by atoms with Crippen molar-refractivity contribution in [3.63, 3.8) is 0 Å². The maximum atomic E-state index is 11.5. The Labute approximate surface area is 120 Å². The van der Waals surface area contributed by atoms with E-state index < -0.39 is 9.05 Å². The molecule has 0 aliphatic carbocycles. The van der Waals surface area contributed by atoms with Gasteiger partial charge >= 0.3 is 0 Å². The molecule has 0 amide bonds. The van der Waals surface area contributed by atoms with E-state index in [0.717, 1.165) is 19.4 Å². The summed E-state index contributed by atoms with van der Waals surface area (Å²) in [7, 11) is 1.74. The SMILES string of the molecule is CCCCC(CC)Cn1nc(C)c(S(=O)(=O)Cl)c1C. The Hall–Kier alpha value is -0.550. The Balaban J connectivity index is 2.97. The summed E-state index contributed by atoms with van der Waals surface area (Å²) in [5.41, 5.74) is 1.13. The van der Waals surface area contributed by atoms with Gasteiger partial charge in [-0.2, -0.15) is 5.10 Å². The van der Waals surface area contributed by atoms with E-state index in [1.807, 2.05) is 0 Å². The van der Waals surface area contributed by atoms with Crippen LogP contribution in [0.2, 0.25) is 0 Å². The van der Waals surface area contributed by atoms with Crippen LogP contribution in [0.15, 0.2) is 4.90 Å². The molecule has 6 heteroatoms. The summed E-state index contributed by atoms with van der Waals surface area (Å²) in [6.45, 7) is 8.54. The lowest BCUT2D eigenvalue weighted by molar-refractivity contribution is 0.367. The Kier molecular flexibility index (Phi) is 5.86. The fourth-order valence-electron chi connectivity index (χ4n) is 2.37. The van der Waals surface area contributed by atoms with Crippen LogP contribution in [0.5, 0.6) is 0 Å². The lowest BCUT2D eigenvalue weighted by atomic mass is 9.99. The van der Waals surface area contributed by atoms with Gasteiger partial charge in [0.1, 0.15) is 4.90 Å². The molecule has 0 N–H and O–H groups in total. The van der Waals surface area contributed by atoms with Gasteiger partial charge in [-0.1, -0.05) is 33.1 Å². The first-order chi connectivity index (χ1) is 8.81. The Morgan fingerprint density at radius 2 is 1.95 bits per heavy atom. The van der Waals surface area contributed by atoms with Crippen molar-refractivity contribution in [3.05, 3.63) is 11.4 Å². The number of unbranched alkanes of at least 4 members (excludes halogenated alkanes) is 1. The van der Waals surface area contributed by atoms with Crippen LogP contribution in [0.25, 0.3) is 0 Å². The lowest BCUT2D eigenvalue weighted by Gasteiger charge is -2.15. The number of halogens is 1. The monoisotopic (exact) mass is 306 g/mol. The zero-order valence-corrected chi connectivity index (χ0v) is 13.7. The first-order valence-corrected chi connectivity index (χ1v) is 9.10. The van der Waals surface area contributed by atoms with E-state index in [9.17, 15) is 8.42 Å². The summed E-state index contributed by atoms with van der Waals surface area (Å²) in [5.74, 6) is 0.531. The molecule has 1 unspecified atom stereocenters. The molecule has 1 heterocycles. The van der Waals surface area contributed by atoms with E-state index in [-0.39, 0.29) is 4.90 Å². The maximum Gasteiger partial charge on any atom is 0.264 e. The third-order valence-corrected chi connectivity index (χ3v) is 5.07. The highest BCUT2D eigenvalue weighted by atomic mass is 35.7. The van der Waals surface area contributed by atoms with E-state index in [1.54, 1.807) is 18.5 Å². The third-order valence-electron chi connectivity index (χ3n) is 3.53. The van der Waals surface area contributed by atoms with Crippen LogP contribution < -0.4 is 0 Å². The van der Waals surface area contributed by atoms with Gasteiger partial charge < -0.3 is 0 Å². The van der Waals surface area contributed by atoms with Gasteiger partial charge in [0.25, 0.3) is 9.05 Å². The van der Waals surface area contributed by atoms with Crippen molar-refractivity contribution in [1.82, 2.24) is 9.78 Å². The highest BCUT2D eigenvalue weighted by Gasteiger charge is 2.23. The molecule has 0 bridgehead atoms. The second-order valence-corrected chi connectivity index (χ2v) is 7.54. The van der Waals surface area contributed by atoms with Gasteiger partial charge in [0.05, 0.1) is 11.4 Å². The summed E-state index contributed by atoms with van der Waals surface area (Å²) >= 11 is 0. The Bertz CT molecular complexity index is 523. The third kappa shape index (κ3) is 4.21. The highest BCUT2D eigenvalue weighted by molar-refractivity contribution is 8.13. The molecule has 0 aliphatic rings. The highest BCUT2D eigenvalue weighted by Crippen LogP contribution is 2.25. The molecule has 110 valence electrons. The minimum Gasteiger partial charge on any atom is -0.268 e. The zero-order valence-electron chi connectivity index (χ0n) is 12.1. The molecule has 19 heavy (non-hydrogen) atoms. The van der Waals surface area contributed by atoms with Crippen molar-refractivity contribution in [2.75, 3.05) is 0 Å². The van der Waals surface area contributed by atoms with Gasteiger partial charge in [-0.25, -0.2) is 8.42 Å². The quantitative estimate of drug-likeness (QED) is 0.723. The number of nitrogens with zero attached hydrogens (tertiary/aromatic N) is 2. The molecule has 4 nitrogen and oxygen atoms in total. The van der Waals surface area contributed by atoms with Crippen molar-refractivity contribution in [1.29, 1.82) is 0 Å². The second-order valence-electron chi connectivity index (χ2n) is 5.04. The zero-order chi connectivity index (χ0) is 14.6. The predicted octanol–water partition coefficient (Wildman–Crippen LogP) is 3.64. The van der Waals surface area contributed by atoms with Crippen molar-refractivity contribution >= 4 is 19.7 Å². The summed E-state index contributed by atoms with van der Waals surface area (Å²) < 4.78 is 24.8. The molecule has 0 saturated carbocycles. The van der Waals surface area contributed by atoms with E-state index in [0.29, 0.717) is 17.3 Å². The van der Waals surface area contributed by atoms with Crippen LogP contribution in [0.4, 0.5) is 0 Å². The molecule has 1 atom stereocenters.